The number of carbonyl (C=O) groups is 2. The number of nitrogens with one attached hydrogen (secondary N) is 2. The fourth-order valence-corrected chi connectivity index (χ4v) is 2.43. The lowest BCUT2D eigenvalue weighted by Crippen LogP contribution is -2.41. The predicted molar refractivity (Wildman–Crippen MR) is 94.1 cm³/mol. The van der Waals surface area contributed by atoms with Crippen LogP contribution < -0.4 is 10.6 Å². The van der Waals surface area contributed by atoms with Gasteiger partial charge in [0.25, 0.3) is 0 Å². The third-order valence-electron chi connectivity index (χ3n) is 2.85. The van der Waals surface area contributed by atoms with E-state index in [1.54, 1.807) is 0 Å². The summed E-state index contributed by atoms with van der Waals surface area (Å²) in [5.74, 6) is -1.17. The first kappa shape index (κ1) is 20.1. The first-order chi connectivity index (χ1) is 9.43. The second-order valence-corrected chi connectivity index (χ2v) is 5.81. The van der Waals surface area contributed by atoms with Gasteiger partial charge in [0.1, 0.15) is 6.04 Å². The Morgan fingerprint density at radius 1 is 1.38 bits per heavy atom. The Labute approximate surface area is 144 Å². The van der Waals surface area contributed by atoms with Crippen LogP contribution in [0.5, 0.6) is 0 Å². The van der Waals surface area contributed by atoms with Gasteiger partial charge in [0.05, 0.1) is 6.54 Å². The third kappa shape index (κ3) is 7.10. The molecule has 1 aromatic rings. The van der Waals surface area contributed by atoms with E-state index in [1.807, 2.05) is 32.0 Å². The van der Waals surface area contributed by atoms with Crippen molar-refractivity contribution in [3.8, 4) is 0 Å². The second kappa shape index (κ2) is 9.97. The van der Waals surface area contributed by atoms with Gasteiger partial charge < -0.3 is 10.4 Å². The summed E-state index contributed by atoms with van der Waals surface area (Å²) >= 11 is 2.21. The maximum atomic E-state index is 11.8. The minimum Gasteiger partial charge on any atom is -0.480 e. The van der Waals surface area contributed by atoms with Gasteiger partial charge >= 0.3 is 5.97 Å². The topological polar surface area (TPSA) is 78.4 Å². The van der Waals surface area contributed by atoms with Crippen LogP contribution in [0.1, 0.15) is 25.3 Å². The van der Waals surface area contributed by atoms with Crippen LogP contribution in [0.4, 0.5) is 5.69 Å². The molecule has 1 unspecified atom stereocenters. The normalized spacial score (nSPS) is 11.4. The van der Waals surface area contributed by atoms with Crippen molar-refractivity contribution in [1.82, 2.24) is 5.32 Å². The van der Waals surface area contributed by atoms with Gasteiger partial charge in [0.2, 0.25) is 5.91 Å². The summed E-state index contributed by atoms with van der Waals surface area (Å²) in [4.78, 5) is 22.8. The summed E-state index contributed by atoms with van der Waals surface area (Å²) in [6.45, 7) is 3.82. The number of hydrogen-bond acceptors (Lipinski definition) is 3. The Morgan fingerprint density at radius 3 is 2.57 bits per heavy atom. The summed E-state index contributed by atoms with van der Waals surface area (Å²) in [7, 11) is 0. The number of rotatable bonds is 7. The highest BCUT2D eigenvalue weighted by atomic mass is 127. The number of anilines is 1. The molecule has 7 heteroatoms. The molecule has 1 atom stereocenters. The molecular formula is C14H20ClIN2O3. The number of carboxylic acids is 1. The Kier molecular flexibility index (Phi) is 9.56. The predicted octanol–water partition coefficient (Wildman–Crippen LogP) is 2.80. The van der Waals surface area contributed by atoms with E-state index in [2.05, 4.69) is 33.2 Å². The van der Waals surface area contributed by atoms with E-state index in [0.29, 0.717) is 6.42 Å². The van der Waals surface area contributed by atoms with Gasteiger partial charge in [-0.25, -0.2) is 0 Å². The van der Waals surface area contributed by atoms with Gasteiger partial charge in [0.15, 0.2) is 0 Å². The molecule has 1 amide bonds. The molecule has 0 bridgehead atoms. The summed E-state index contributed by atoms with van der Waals surface area (Å²) in [5, 5.41) is 14.5. The van der Waals surface area contributed by atoms with Crippen molar-refractivity contribution in [3.63, 3.8) is 0 Å². The zero-order chi connectivity index (χ0) is 15.1. The number of aryl methyl sites for hydroxylation is 1. The van der Waals surface area contributed by atoms with Crippen molar-refractivity contribution >= 4 is 52.6 Å². The highest BCUT2D eigenvalue weighted by molar-refractivity contribution is 14.1. The van der Waals surface area contributed by atoms with Gasteiger partial charge in [-0.3, -0.25) is 14.9 Å². The minimum absolute atomic E-state index is 0. The molecule has 118 valence electrons. The van der Waals surface area contributed by atoms with Gasteiger partial charge in [0, 0.05) is 9.26 Å². The van der Waals surface area contributed by atoms with E-state index in [0.717, 1.165) is 21.2 Å². The molecule has 0 aliphatic carbocycles. The smallest absolute Gasteiger partial charge is 0.320 e. The summed E-state index contributed by atoms with van der Waals surface area (Å²) in [6.07, 6.45) is 1.26. The standard InChI is InChI=1S/C14H19IN2O3.ClH/c1-3-4-12(14(19)20)16-8-13(18)17-11-6-5-10(15)7-9(11)2;/h5-7,12,16H,3-4,8H2,1-2H3,(H,17,18)(H,19,20);1H. The quantitative estimate of drug-likeness (QED) is 0.586. The summed E-state index contributed by atoms with van der Waals surface area (Å²) in [6, 6.07) is 5.05. The molecule has 5 nitrogen and oxygen atoms in total. The number of carbonyl (C=O) groups excluding carboxylic acids is 1. The van der Waals surface area contributed by atoms with Crippen molar-refractivity contribution in [2.24, 2.45) is 0 Å². The Morgan fingerprint density at radius 2 is 2.05 bits per heavy atom. The molecule has 21 heavy (non-hydrogen) atoms. The molecule has 3 N–H and O–H groups in total. The van der Waals surface area contributed by atoms with Crippen LogP contribution in [0.25, 0.3) is 0 Å². The van der Waals surface area contributed by atoms with Crippen LogP contribution >= 0.6 is 35.0 Å². The van der Waals surface area contributed by atoms with Crippen molar-refractivity contribution in [3.05, 3.63) is 27.3 Å². The molecule has 0 aliphatic heterocycles. The minimum atomic E-state index is -0.926. The number of halogens is 2. The van der Waals surface area contributed by atoms with Crippen LogP contribution in [-0.2, 0) is 9.59 Å². The van der Waals surface area contributed by atoms with Crippen molar-refractivity contribution in [1.29, 1.82) is 0 Å². The Bertz CT molecular complexity index is 497. The zero-order valence-corrected chi connectivity index (χ0v) is 15.0. The van der Waals surface area contributed by atoms with Crippen molar-refractivity contribution in [2.45, 2.75) is 32.7 Å². The van der Waals surface area contributed by atoms with Gasteiger partial charge in [-0.05, 0) is 59.7 Å². The largest absolute Gasteiger partial charge is 0.480 e. The Hall–Kier alpha value is -0.860. The van der Waals surface area contributed by atoms with Crippen molar-refractivity contribution in [2.75, 3.05) is 11.9 Å². The third-order valence-corrected chi connectivity index (χ3v) is 3.52. The maximum Gasteiger partial charge on any atom is 0.320 e. The molecule has 1 aromatic carbocycles. The molecule has 0 saturated heterocycles. The van der Waals surface area contributed by atoms with Crippen molar-refractivity contribution < 1.29 is 14.7 Å². The molecule has 1 rings (SSSR count). The number of aliphatic carboxylic acids is 1. The molecular weight excluding hydrogens is 407 g/mol. The number of benzene rings is 1. The average Bonchev–Trinajstić information content (AvgIpc) is 2.37. The number of carboxylic acid groups (broad SMARTS) is 1. The second-order valence-electron chi connectivity index (χ2n) is 4.57. The van der Waals surface area contributed by atoms with Crippen LogP contribution in [0, 0.1) is 10.5 Å². The lowest BCUT2D eigenvalue weighted by Gasteiger charge is -2.14. The van der Waals surface area contributed by atoms with E-state index in [1.165, 1.54) is 0 Å². The molecule has 0 fully saturated rings. The van der Waals surface area contributed by atoms with Crippen LogP contribution in [0.3, 0.4) is 0 Å². The first-order valence-electron chi connectivity index (χ1n) is 6.46. The van der Waals surface area contributed by atoms with E-state index in [4.69, 9.17) is 5.11 Å². The average molecular weight is 427 g/mol. The summed E-state index contributed by atoms with van der Waals surface area (Å²) < 4.78 is 1.10. The van der Waals surface area contributed by atoms with Crippen LogP contribution in [0.15, 0.2) is 18.2 Å². The van der Waals surface area contributed by atoms with E-state index in [9.17, 15) is 9.59 Å². The number of amides is 1. The van der Waals surface area contributed by atoms with E-state index in [-0.39, 0.29) is 24.9 Å². The summed E-state index contributed by atoms with van der Waals surface area (Å²) in [5.41, 5.74) is 1.73. The fourth-order valence-electron chi connectivity index (χ4n) is 1.78. The highest BCUT2D eigenvalue weighted by Gasteiger charge is 2.16. The molecule has 0 aliphatic rings. The van der Waals surface area contributed by atoms with Gasteiger partial charge in [-0.15, -0.1) is 12.4 Å². The highest BCUT2D eigenvalue weighted by Crippen LogP contribution is 2.17. The van der Waals surface area contributed by atoms with E-state index >= 15 is 0 Å². The molecule has 0 heterocycles. The first-order valence-corrected chi connectivity index (χ1v) is 7.54. The van der Waals surface area contributed by atoms with Crippen LogP contribution in [0.2, 0.25) is 0 Å². The van der Waals surface area contributed by atoms with Gasteiger partial charge in [-0.1, -0.05) is 13.3 Å². The zero-order valence-electron chi connectivity index (χ0n) is 12.0. The molecule has 0 spiro atoms. The van der Waals surface area contributed by atoms with Gasteiger partial charge in [-0.2, -0.15) is 0 Å². The lowest BCUT2D eigenvalue weighted by atomic mass is 10.1. The fraction of sp³-hybridized carbons (Fsp3) is 0.429. The van der Waals surface area contributed by atoms with E-state index < -0.39 is 12.0 Å². The SMILES string of the molecule is CCCC(NCC(=O)Nc1ccc(I)cc1C)C(=O)O.Cl. The number of hydrogen-bond donors (Lipinski definition) is 3. The maximum absolute atomic E-state index is 11.8. The lowest BCUT2D eigenvalue weighted by molar-refractivity contribution is -0.139. The molecule has 0 aromatic heterocycles. The molecule has 0 saturated carbocycles. The van der Waals surface area contributed by atoms with Crippen LogP contribution in [-0.4, -0.2) is 29.6 Å². The monoisotopic (exact) mass is 426 g/mol. The molecule has 0 radical (unpaired) electrons. The Balaban J connectivity index is 0.00000400.